The summed E-state index contributed by atoms with van der Waals surface area (Å²) in [5.74, 6) is 1.83. The molecule has 1 unspecified atom stereocenters. The molecule has 0 amide bonds. The minimum Gasteiger partial charge on any atom is -0.359 e. The van der Waals surface area contributed by atoms with Crippen molar-refractivity contribution in [3.05, 3.63) is 30.2 Å². The molecule has 1 aliphatic heterocycles. The van der Waals surface area contributed by atoms with E-state index in [2.05, 4.69) is 36.1 Å². The van der Waals surface area contributed by atoms with Crippen LogP contribution in [0.2, 0.25) is 0 Å². The van der Waals surface area contributed by atoms with Gasteiger partial charge in [-0.3, -0.25) is 9.98 Å². The molecule has 0 radical (unpaired) electrons. The maximum Gasteiger partial charge on any atom is 0.100 e. The first-order valence-corrected chi connectivity index (χ1v) is 7.34. The van der Waals surface area contributed by atoms with Crippen molar-refractivity contribution in [2.24, 2.45) is 10.9 Å². The van der Waals surface area contributed by atoms with Crippen molar-refractivity contribution in [2.45, 2.75) is 26.3 Å². The standard InChI is InChI=1S/C14H17N3S/c1-9(2)5-10-8-18-14(17-10)12-6-16-13-7-15-4-3-11(12)13/h3-4,6-7,9-10,16H,5,8H2,1-2H3. The van der Waals surface area contributed by atoms with Gasteiger partial charge in [-0.05, 0) is 18.4 Å². The fraction of sp³-hybridized carbons (Fsp3) is 0.429. The van der Waals surface area contributed by atoms with Gasteiger partial charge in [-0.15, -0.1) is 11.8 Å². The Kier molecular flexibility index (Phi) is 3.12. The van der Waals surface area contributed by atoms with Crippen molar-refractivity contribution in [1.29, 1.82) is 0 Å². The van der Waals surface area contributed by atoms with Crippen LogP contribution in [0.3, 0.4) is 0 Å². The van der Waals surface area contributed by atoms with Gasteiger partial charge in [0, 0.05) is 29.1 Å². The molecular formula is C14H17N3S. The fourth-order valence-corrected chi connectivity index (χ4v) is 3.49. The van der Waals surface area contributed by atoms with Gasteiger partial charge in [0.05, 0.1) is 17.8 Å². The van der Waals surface area contributed by atoms with Gasteiger partial charge in [0.1, 0.15) is 5.04 Å². The minimum absolute atomic E-state index is 0.483. The van der Waals surface area contributed by atoms with Crippen LogP contribution in [0.4, 0.5) is 0 Å². The van der Waals surface area contributed by atoms with Crippen LogP contribution >= 0.6 is 11.8 Å². The molecule has 18 heavy (non-hydrogen) atoms. The van der Waals surface area contributed by atoms with Crippen LogP contribution in [0, 0.1) is 5.92 Å². The van der Waals surface area contributed by atoms with Crippen molar-refractivity contribution in [3.63, 3.8) is 0 Å². The lowest BCUT2D eigenvalue weighted by molar-refractivity contribution is 0.529. The van der Waals surface area contributed by atoms with E-state index in [1.807, 2.05) is 24.2 Å². The van der Waals surface area contributed by atoms with Crippen molar-refractivity contribution in [3.8, 4) is 0 Å². The predicted octanol–water partition coefficient (Wildman–Crippen LogP) is 3.47. The van der Waals surface area contributed by atoms with Crippen molar-refractivity contribution < 1.29 is 0 Å². The van der Waals surface area contributed by atoms with Crippen LogP contribution in [0.25, 0.3) is 10.9 Å². The van der Waals surface area contributed by atoms with Gasteiger partial charge in [-0.2, -0.15) is 0 Å². The zero-order valence-electron chi connectivity index (χ0n) is 10.7. The highest BCUT2D eigenvalue weighted by Crippen LogP contribution is 2.30. The van der Waals surface area contributed by atoms with E-state index in [1.165, 1.54) is 22.4 Å². The average molecular weight is 259 g/mol. The predicted molar refractivity (Wildman–Crippen MR) is 78.3 cm³/mol. The Labute approximate surface area is 111 Å². The molecule has 2 aromatic heterocycles. The number of aliphatic imine (C=N–C) groups is 1. The number of aromatic nitrogens is 2. The Morgan fingerprint density at radius 3 is 3.22 bits per heavy atom. The monoisotopic (exact) mass is 259 g/mol. The molecule has 0 aromatic carbocycles. The number of nitrogens with zero attached hydrogens (tertiary/aromatic N) is 2. The molecule has 3 heterocycles. The van der Waals surface area contributed by atoms with E-state index in [0.717, 1.165) is 11.3 Å². The van der Waals surface area contributed by atoms with Crippen LogP contribution in [0.15, 0.2) is 29.6 Å². The maximum atomic E-state index is 4.86. The lowest BCUT2D eigenvalue weighted by Crippen LogP contribution is -2.07. The van der Waals surface area contributed by atoms with E-state index in [9.17, 15) is 0 Å². The van der Waals surface area contributed by atoms with Crippen molar-refractivity contribution >= 4 is 27.7 Å². The summed E-state index contributed by atoms with van der Waals surface area (Å²) in [7, 11) is 0. The molecule has 3 rings (SSSR count). The number of aromatic amines is 1. The van der Waals surface area contributed by atoms with Crippen LogP contribution in [0.5, 0.6) is 0 Å². The lowest BCUT2D eigenvalue weighted by Gasteiger charge is -2.07. The highest BCUT2D eigenvalue weighted by Gasteiger charge is 2.21. The van der Waals surface area contributed by atoms with Crippen molar-refractivity contribution in [1.82, 2.24) is 9.97 Å². The normalized spacial score (nSPS) is 19.7. The Bertz CT molecular complexity index is 585. The highest BCUT2D eigenvalue weighted by atomic mass is 32.2. The summed E-state index contributed by atoms with van der Waals surface area (Å²) in [6.07, 6.45) is 6.94. The molecule has 1 atom stereocenters. The van der Waals surface area contributed by atoms with Gasteiger partial charge in [0.2, 0.25) is 0 Å². The van der Waals surface area contributed by atoms with E-state index in [-0.39, 0.29) is 0 Å². The smallest absolute Gasteiger partial charge is 0.100 e. The summed E-state index contributed by atoms with van der Waals surface area (Å²) < 4.78 is 0. The van der Waals surface area contributed by atoms with E-state index in [0.29, 0.717) is 12.0 Å². The summed E-state index contributed by atoms with van der Waals surface area (Å²) in [6, 6.07) is 2.54. The van der Waals surface area contributed by atoms with Gasteiger partial charge < -0.3 is 4.98 Å². The molecule has 0 saturated heterocycles. The first kappa shape index (κ1) is 11.8. The fourth-order valence-electron chi connectivity index (χ4n) is 2.38. The Balaban J connectivity index is 1.91. The largest absolute Gasteiger partial charge is 0.359 e. The lowest BCUT2D eigenvalue weighted by atomic mass is 10.1. The Hall–Kier alpha value is -1.29. The van der Waals surface area contributed by atoms with Gasteiger partial charge in [-0.25, -0.2) is 0 Å². The number of thioether (sulfide) groups is 1. The van der Waals surface area contributed by atoms with E-state index < -0.39 is 0 Å². The van der Waals surface area contributed by atoms with Crippen LogP contribution in [-0.2, 0) is 0 Å². The van der Waals surface area contributed by atoms with Crippen LogP contribution < -0.4 is 0 Å². The van der Waals surface area contributed by atoms with Gasteiger partial charge in [-0.1, -0.05) is 13.8 Å². The first-order chi connectivity index (χ1) is 8.74. The molecule has 0 spiro atoms. The zero-order chi connectivity index (χ0) is 12.5. The molecular weight excluding hydrogens is 242 g/mol. The molecule has 0 bridgehead atoms. The molecule has 1 aliphatic rings. The third-order valence-electron chi connectivity index (χ3n) is 3.17. The number of pyridine rings is 1. The number of fused-ring (bicyclic) bond motifs is 1. The summed E-state index contributed by atoms with van der Waals surface area (Å²) in [5, 5.41) is 2.40. The van der Waals surface area contributed by atoms with Crippen LogP contribution in [0.1, 0.15) is 25.8 Å². The second kappa shape index (κ2) is 4.76. The van der Waals surface area contributed by atoms with E-state index >= 15 is 0 Å². The summed E-state index contributed by atoms with van der Waals surface area (Å²) in [4.78, 5) is 12.3. The minimum atomic E-state index is 0.483. The Morgan fingerprint density at radius 2 is 2.39 bits per heavy atom. The molecule has 3 nitrogen and oxygen atoms in total. The molecule has 1 N–H and O–H groups in total. The zero-order valence-corrected chi connectivity index (χ0v) is 11.5. The van der Waals surface area contributed by atoms with Crippen molar-refractivity contribution in [2.75, 3.05) is 5.75 Å². The van der Waals surface area contributed by atoms with Gasteiger partial charge in [0.25, 0.3) is 0 Å². The molecule has 0 aliphatic carbocycles. The number of hydrogen-bond acceptors (Lipinski definition) is 3. The van der Waals surface area contributed by atoms with E-state index in [4.69, 9.17) is 4.99 Å². The summed E-state index contributed by atoms with van der Waals surface area (Å²) >= 11 is 1.87. The SMILES string of the molecule is CC(C)CC1CSC(c2c[nH]c3cnccc23)=N1. The molecule has 94 valence electrons. The van der Waals surface area contributed by atoms with Gasteiger partial charge in [0.15, 0.2) is 0 Å². The van der Waals surface area contributed by atoms with E-state index in [1.54, 1.807) is 0 Å². The number of hydrogen-bond donors (Lipinski definition) is 1. The van der Waals surface area contributed by atoms with Gasteiger partial charge >= 0.3 is 0 Å². The summed E-state index contributed by atoms with van der Waals surface area (Å²) in [5.41, 5.74) is 2.31. The third kappa shape index (κ3) is 2.17. The second-order valence-corrected chi connectivity index (χ2v) is 6.16. The topological polar surface area (TPSA) is 41.0 Å². The van der Waals surface area contributed by atoms with Crippen LogP contribution in [-0.4, -0.2) is 26.8 Å². The quantitative estimate of drug-likeness (QED) is 0.917. The maximum absolute atomic E-state index is 4.86. The molecule has 0 fully saturated rings. The second-order valence-electron chi connectivity index (χ2n) is 5.15. The number of nitrogens with one attached hydrogen (secondary N) is 1. The summed E-state index contributed by atoms with van der Waals surface area (Å²) in [6.45, 7) is 4.52. The Morgan fingerprint density at radius 1 is 1.50 bits per heavy atom. The number of rotatable bonds is 3. The third-order valence-corrected chi connectivity index (χ3v) is 4.32. The first-order valence-electron chi connectivity index (χ1n) is 6.36. The molecule has 4 heteroatoms. The average Bonchev–Trinajstić information content (AvgIpc) is 2.94. The highest BCUT2D eigenvalue weighted by molar-refractivity contribution is 8.14. The molecule has 0 saturated carbocycles. The number of H-pyrrole nitrogens is 1. The molecule has 2 aromatic rings.